The maximum Gasteiger partial charge on any atom is 0.223 e. The van der Waals surface area contributed by atoms with Crippen molar-refractivity contribution in [2.24, 2.45) is 17.8 Å². The van der Waals surface area contributed by atoms with Crippen molar-refractivity contribution in [3.63, 3.8) is 0 Å². The van der Waals surface area contributed by atoms with Crippen molar-refractivity contribution in [2.45, 2.75) is 13.3 Å². The van der Waals surface area contributed by atoms with E-state index in [0.29, 0.717) is 11.8 Å². The van der Waals surface area contributed by atoms with E-state index in [1.54, 1.807) is 0 Å². The molecule has 1 aromatic carbocycles. The second kappa shape index (κ2) is 5.33. The van der Waals surface area contributed by atoms with E-state index in [1.165, 1.54) is 5.56 Å². The third-order valence-electron chi connectivity index (χ3n) is 4.72. The Morgan fingerprint density at radius 3 is 2.84 bits per heavy atom. The van der Waals surface area contributed by atoms with Crippen LogP contribution in [0.5, 0.6) is 0 Å². The van der Waals surface area contributed by atoms with Gasteiger partial charge in [0.2, 0.25) is 5.91 Å². The van der Waals surface area contributed by atoms with Gasteiger partial charge in [-0.15, -0.1) is 0 Å². The lowest BCUT2D eigenvalue weighted by Gasteiger charge is -2.30. The summed E-state index contributed by atoms with van der Waals surface area (Å²) in [5, 5.41) is 3.03. The summed E-state index contributed by atoms with van der Waals surface area (Å²) in [5.41, 5.74) is 1.40. The van der Waals surface area contributed by atoms with Gasteiger partial charge in [-0.05, 0) is 23.8 Å². The highest BCUT2D eigenvalue weighted by Crippen LogP contribution is 2.32. The standard InChI is InChI=1S/C16H22N2O/c1-12-15-11-18(10-14(15)9-17-16(12)19)8-7-13-5-3-2-4-6-13/h2-6,12,14-15H,7-11H2,1H3,(H,17,19)/t12-,14+,15+/m1/s1. The SMILES string of the molecule is C[C@H]1C(=O)NC[C@H]2CN(CCc3ccccc3)C[C@H]21. The fourth-order valence-corrected chi connectivity index (χ4v) is 3.47. The Labute approximate surface area is 115 Å². The van der Waals surface area contributed by atoms with Gasteiger partial charge in [-0.2, -0.15) is 0 Å². The number of nitrogens with zero attached hydrogens (tertiary/aromatic N) is 1. The van der Waals surface area contributed by atoms with Gasteiger partial charge in [0.15, 0.2) is 0 Å². The number of piperidine rings is 1. The smallest absolute Gasteiger partial charge is 0.223 e. The minimum atomic E-state index is 0.181. The maximum atomic E-state index is 11.7. The summed E-state index contributed by atoms with van der Waals surface area (Å²) in [6.07, 6.45) is 1.11. The zero-order chi connectivity index (χ0) is 13.2. The molecule has 2 aliphatic heterocycles. The van der Waals surface area contributed by atoms with Gasteiger partial charge in [-0.1, -0.05) is 37.3 Å². The molecule has 0 unspecified atom stereocenters. The predicted molar refractivity (Wildman–Crippen MR) is 75.7 cm³/mol. The first kappa shape index (κ1) is 12.7. The van der Waals surface area contributed by atoms with E-state index in [4.69, 9.17) is 0 Å². The number of rotatable bonds is 3. The Balaban J connectivity index is 1.56. The molecule has 3 heteroatoms. The van der Waals surface area contributed by atoms with Crippen molar-refractivity contribution in [3.05, 3.63) is 35.9 Å². The molecular weight excluding hydrogens is 236 g/mol. The normalized spacial score (nSPS) is 31.0. The first-order valence-corrected chi connectivity index (χ1v) is 7.28. The fourth-order valence-electron chi connectivity index (χ4n) is 3.47. The molecule has 3 rings (SSSR count). The first-order chi connectivity index (χ1) is 9.24. The summed E-state index contributed by atoms with van der Waals surface area (Å²) in [6, 6.07) is 10.6. The molecule has 0 radical (unpaired) electrons. The quantitative estimate of drug-likeness (QED) is 0.892. The number of nitrogens with one attached hydrogen (secondary N) is 1. The van der Waals surface area contributed by atoms with E-state index in [0.717, 1.165) is 32.6 Å². The Kier molecular flexibility index (Phi) is 3.56. The molecule has 0 bridgehead atoms. The Morgan fingerprint density at radius 1 is 1.26 bits per heavy atom. The molecule has 3 atom stereocenters. The van der Waals surface area contributed by atoms with Crippen LogP contribution < -0.4 is 5.32 Å². The van der Waals surface area contributed by atoms with Gasteiger partial charge in [0.25, 0.3) is 0 Å². The average Bonchev–Trinajstić information content (AvgIpc) is 2.86. The highest BCUT2D eigenvalue weighted by atomic mass is 16.1. The lowest BCUT2D eigenvalue weighted by atomic mass is 9.81. The van der Waals surface area contributed by atoms with Crippen molar-refractivity contribution in [1.29, 1.82) is 0 Å². The lowest BCUT2D eigenvalue weighted by molar-refractivity contribution is -0.128. The van der Waals surface area contributed by atoms with Gasteiger partial charge in [0.1, 0.15) is 0 Å². The van der Waals surface area contributed by atoms with Gasteiger partial charge < -0.3 is 10.2 Å². The Morgan fingerprint density at radius 2 is 2.05 bits per heavy atom. The van der Waals surface area contributed by atoms with Gasteiger partial charge >= 0.3 is 0 Å². The van der Waals surface area contributed by atoms with Crippen LogP contribution in [0.2, 0.25) is 0 Å². The molecule has 2 fully saturated rings. The van der Waals surface area contributed by atoms with E-state index < -0.39 is 0 Å². The molecule has 0 spiro atoms. The first-order valence-electron chi connectivity index (χ1n) is 7.28. The molecule has 1 N–H and O–H groups in total. The average molecular weight is 258 g/mol. The van der Waals surface area contributed by atoms with Crippen LogP contribution in [0.4, 0.5) is 0 Å². The molecule has 102 valence electrons. The molecule has 2 aliphatic rings. The summed E-state index contributed by atoms with van der Waals surface area (Å²) in [4.78, 5) is 14.2. The number of fused-ring (bicyclic) bond motifs is 1. The molecule has 2 saturated heterocycles. The number of hydrogen-bond acceptors (Lipinski definition) is 2. The van der Waals surface area contributed by atoms with E-state index >= 15 is 0 Å². The van der Waals surface area contributed by atoms with E-state index in [9.17, 15) is 4.79 Å². The summed E-state index contributed by atoms with van der Waals surface area (Å²) < 4.78 is 0. The third kappa shape index (κ3) is 2.66. The molecule has 19 heavy (non-hydrogen) atoms. The molecule has 2 heterocycles. The number of amides is 1. The summed E-state index contributed by atoms with van der Waals surface area (Å²) >= 11 is 0. The van der Waals surface area contributed by atoms with Crippen LogP contribution in [-0.4, -0.2) is 37.0 Å². The summed E-state index contributed by atoms with van der Waals surface area (Å²) in [7, 11) is 0. The van der Waals surface area contributed by atoms with Crippen molar-refractivity contribution in [2.75, 3.05) is 26.2 Å². The van der Waals surface area contributed by atoms with Crippen LogP contribution in [0.25, 0.3) is 0 Å². The second-order valence-corrected chi connectivity index (χ2v) is 5.95. The molecule has 0 aromatic heterocycles. The van der Waals surface area contributed by atoms with E-state index in [-0.39, 0.29) is 11.8 Å². The second-order valence-electron chi connectivity index (χ2n) is 5.95. The van der Waals surface area contributed by atoms with Crippen molar-refractivity contribution in [1.82, 2.24) is 10.2 Å². The minimum Gasteiger partial charge on any atom is -0.356 e. The number of likely N-dealkylation sites (tertiary alicyclic amines) is 1. The highest BCUT2D eigenvalue weighted by molar-refractivity contribution is 5.79. The summed E-state index contributed by atoms with van der Waals surface area (Å²) in [5.74, 6) is 1.64. The molecule has 0 aliphatic carbocycles. The minimum absolute atomic E-state index is 0.181. The zero-order valence-electron chi connectivity index (χ0n) is 11.5. The van der Waals surface area contributed by atoms with Gasteiger partial charge in [0.05, 0.1) is 0 Å². The number of carbonyl (C=O) groups excluding carboxylic acids is 1. The van der Waals surface area contributed by atoms with Crippen molar-refractivity contribution >= 4 is 5.91 Å². The van der Waals surface area contributed by atoms with Gasteiger partial charge in [-0.3, -0.25) is 4.79 Å². The maximum absolute atomic E-state index is 11.7. The Bertz CT molecular complexity index is 445. The van der Waals surface area contributed by atoms with Crippen LogP contribution >= 0.6 is 0 Å². The predicted octanol–water partition coefficient (Wildman–Crippen LogP) is 1.54. The third-order valence-corrected chi connectivity index (χ3v) is 4.72. The van der Waals surface area contributed by atoms with E-state index in [2.05, 4.69) is 47.5 Å². The number of carbonyl (C=O) groups is 1. The van der Waals surface area contributed by atoms with Crippen LogP contribution in [0.3, 0.4) is 0 Å². The fraction of sp³-hybridized carbons (Fsp3) is 0.562. The van der Waals surface area contributed by atoms with Crippen LogP contribution in [0, 0.1) is 17.8 Å². The molecular formula is C16H22N2O. The van der Waals surface area contributed by atoms with Gasteiger partial charge in [-0.25, -0.2) is 0 Å². The molecule has 1 amide bonds. The number of benzene rings is 1. The highest BCUT2D eigenvalue weighted by Gasteiger charge is 2.41. The van der Waals surface area contributed by atoms with Crippen LogP contribution in [0.15, 0.2) is 30.3 Å². The van der Waals surface area contributed by atoms with Crippen LogP contribution in [-0.2, 0) is 11.2 Å². The van der Waals surface area contributed by atoms with Crippen LogP contribution in [0.1, 0.15) is 12.5 Å². The Hall–Kier alpha value is -1.35. The van der Waals surface area contributed by atoms with Crippen molar-refractivity contribution < 1.29 is 4.79 Å². The molecule has 3 nitrogen and oxygen atoms in total. The van der Waals surface area contributed by atoms with Crippen molar-refractivity contribution in [3.8, 4) is 0 Å². The lowest BCUT2D eigenvalue weighted by Crippen LogP contribution is -2.46. The summed E-state index contributed by atoms with van der Waals surface area (Å²) in [6.45, 7) is 6.29. The molecule has 1 aromatic rings. The number of hydrogen-bond donors (Lipinski definition) is 1. The topological polar surface area (TPSA) is 32.3 Å². The molecule has 0 saturated carbocycles. The largest absolute Gasteiger partial charge is 0.356 e. The van der Waals surface area contributed by atoms with Gasteiger partial charge in [0, 0.05) is 32.1 Å². The monoisotopic (exact) mass is 258 g/mol. The zero-order valence-corrected chi connectivity index (χ0v) is 11.5. The van der Waals surface area contributed by atoms with E-state index in [1.807, 2.05) is 0 Å².